The predicted octanol–water partition coefficient (Wildman–Crippen LogP) is 2.94. The first-order valence-corrected chi connectivity index (χ1v) is 8.05. The third kappa shape index (κ3) is 2.87. The molecule has 1 aliphatic rings. The first-order valence-electron chi connectivity index (χ1n) is 7.26. The molecule has 5 nitrogen and oxygen atoms in total. The molecule has 118 valence electrons. The fraction of sp³-hybridized carbons (Fsp3) is 0.176. The van der Waals surface area contributed by atoms with Crippen LogP contribution in [-0.2, 0) is 5.72 Å². The van der Waals surface area contributed by atoms with Gasteiger partial charge >= 0.3 is 0 Å². The Morgan fingerprint density at radius 3 is 2.52 bits per heavy atom. The SMILES string of the molecule is CCC1=C[C@@](O)(c2ccc(Br)cc2)N(C(=O)c2ccncc2)N1. The zero-order chi connectivity index (χ0) is 16.4. The fourth-order valence-corrected chi connectivity index (χ4v) is 2.75. The average molecular weight is 374 g/mol. The van der Waals surface area contributed by atoms with Crippen molar-refractivity contribution in [1.29, 1.82) is 0 Å². The molecule has 0 unspecified atom stereocenters. The van der Waals surface area contributed by atoms with Crippen LogP contribution in [0.4, 0.5) is 0 Å². The van der Waals surface area contributed by atoms with Gasteiger partial charge in [-0.1, -0.05) is 35.0 Å². The van der Waals surface area contributed by atoms with E-state index in [-0.39, 0.29) is 5.91 Å². The monoisotopic (exact) mass is 373 g/mol. The molecule has 2 N–H and O–H groups in total. The third-order valence-electron chi connectivity index (χ3n) is 3.75. The van der Waals surface area contributed by atoms with Gasteiger partial charge in [-0.3, -0.25) is 15.2 Å². The molecule has 0 saturated heterocycles. The van der Waals surface area contributed by atoms with Crippen molar-refractivity contribution in [2.24, 2.45) is 0 Å². The van der Waals surface area contributed by atoms with E-state index in [4.69, 9.17) is 0 Å². The molecule has 3 rings (SSSR count). The second-order valence-corrected chi connectivity index (χ2v) is 6.16. The molecular formula is C17H16BrN3O2. The highest BCUT2D eigenvalue weighted by Gasteiger charge is 2.43. The van der Waals surface area contributed by atoms with Crippen molar-refractivity contribution in [3.05, 3.63) is 76.2 Å². The number of hydrogen-bond donors (Lipinski definition) is 2. The standard InChI is InChI=1S/C17H16BrN3O2/c1-2-15-11-17(23,13-3-5-14(18)6-4-13)21(20-15)16(22)12-7-9-19-10-8-12/h3-11,20,23H,2H2,1H3/t17-/m1/s1. The van der Waals surface area contributed by atoms with Crippen LogP contribution < -0.4 is 5.43 Å². The smallest absolute Gasteiger partial charge is 0.275 e. The zero-order valence-corrected chi connectivity index (χ0v) is 14.1. The number of carbonyl (C=O) groups is 1. The van der Waals surface area contributed by atoms with Gasteiger partial charge in [0.2, 0.25) is 5.72 Å². The molecule has 0 aliphatic carbocycles. The number of aromatic nitrogens is 1. The van der Waals surface area contributed by atoms with Gasteiger partial charge < -0.3 is 5.11 Å². The van der Waals surface area contributed by atoms with Gasteiger partial charge in [0.25, 0.3) is 5.91 Å². The van der Waals surface area contributed by atoms with Gasteiger partial charge in [-0.2, -0.15) is 0 Å². The molecule has 2 heterocycles. The molecule has 1 atom stereocenters. The quantitative estimate of drug-likeness (QED) is 0.867. The molecule has 1 amide bonds. The summed E-state index contributed by atoms with van der Waals surface area (Å²) in [5, 5.41) is 12.4. The van der Waals surface area contributed by atoms with E-state index < -0.39 is 5.72 Å². The summed E-state index contributed by atoms with van der Waals surface area (Å²) < 4.78 is 0.905. The van der Waals surface area contributed by atoms with E-state index >= 15 is 0 Å². The molecule has 0 saturated carbocycles. The summed E-state index contributed by atoms with van der Waals surface area (Å²) in [6, 6.07) is 10.5. The number of hydrazine groups is 1. The minimum absolute atomic E-state index is 0.322. The van der Waals surface area contributed by atoms with E-state index in [1.54, 1.807) is 42.7 Å². The number of benzene rings is 1. The Balaban J connectivity index is 2.02. The summed E-state index contributed by atoms with van der Waals surface area (Å²) in [6.45, 7) is 1.96. The van der Waals surface area contributed by atoms with Crippen molar-refractivity contribution in [3.8, 4) is 0 Å². The van der Waals surface area contributed by atoms with E-state index in [1.807, 2.05) is 19.1 Å². The first kappa shape index (κ1) is 15.7. The van der Waals surface area contributed by atoms with Crippen LogP contribution in [0.25, 0.3) is 0 Å². The van der Waals surface area contributed by atoms with Crippen molar-refractivity contribution < 1.29 is 9.90 Å². The van der Waals surface area contributed by atoms with Crippen LogP contribution in [0.15, 0.2) is 65.0 Å². The van der Waals surface area contributed by atoms with Gasteiger partial charge in [0.05, 0.1) is 0 Å². The molecule has 2 aromatic rings. The van der Waals surface area contributed by atoms with Gasteiger partial charge in [0, 0.05) is 33.7 Å². The number of rotatable bonds is 3. The van der Waals surface area contributed by atoms with Crippen molar-refractivity contribution in [2.75, 3.05) is 0 Å². The Morgan fingerprint density at radius 1 is 1.26 bits per heavy atom. The minimum atomic E-state index is -1.54. The molecule has 0 fully saturated rings. The van der Waals surface area contributed by atoms with Gasteiger partial charge in [0.1, 0.15) is 0 Å². The highest BCUT2D eigenvalue weighted by molar-refractivity contribution is 9.10. The highest BCUT2D eigenvalue weighted by atomic mass is 79.9. The Kier molecular flexibility index (Phi) is 4.19. The lowest BCUT2D eigenvalue weighted by Gasteiger charge is -2.33. The topological polar surface area (TPSA) is 65.5 Å². The van der Waals surface area contributed by atoms with E-state index in [0.717, 1.165) is 10.2 Å². The summed E-state index contributed by atoms with van der Waals surface area (Å²) in [5.41, 5.74) is 3.32. The van der Waals surface area contributed by atoms with Crippen molar-refractivity contribution >= 4 is 21.8 Å². The van der Waals surface area contributed by atoms with E-state index in [9.17, 15) is 9.90 Å². The normalized spacial score (nSPS) is 20.1. The van der Waals surface area contributed by atoms with Crippen LogP contribution in [0.5, 0.6) is 0 Å². The van der Waals surface area contributed by atoms with Crippen LogP contribution in [0.1, 0.15) is 29.3 Å². The van der Waals surface area contributed by atoms with Gasteiger partial charge in [-0.15, -0.1) is 0 Å². The van der Waals surface area contributed by atoms with E-state index in [0.29, 0.717) is 17.5 Å². The minimum Gasteiger partial charge on any atom is -0.362 e. The Bertz CT molecular complexity index is 746. The van der Waals surface area contributed by atoms with Crippen molar-refractivity contribution in [1.82, 2.24) is 15.4 Å². The number of aliphatic hydroxyl groups is 1. The number of carbonyl (C=O) groups excluding carboxylic acids is 1. The number of halogens is 1. The predicted molar refractivity (Wildman–Crippen MR) is 90.0 cm³/mol. The van der Waals surface area contributed by atoms with Crippen LogP contribution in [-0.4, -0.2) is 21.0 Å². The number of nitrogens with one attached hydrogen (secondary N) is 1. The largest absolute Gasteiger partial charge is 0.362 e. The Morgan fingerprint density at radius 2 is 1.91 bits per heavy atom. The summed E-state index contributed by atoms with van der Waals surface area (Å²) in [4.78, 5) is 16.7. The third-order valence-corrected chi connectivity index (χ3v) is 4.28. The summed E-state index contributed by atoms with van der Waals surface area (Å²) in [7, 11) is 0. The molecule has 1 aromatic heterocycles. The van der Waals surface area contributed by atoms with Gasteiger partial charge in [0.15, 0.2) is 0 Å². The second kappa shape index (κ2) is 6.14. The molecule has 1 aliphatic heterocycles. The molecule has 0 radical (unpaired) electrons. The van der Waals surface area contributed by atoms with Crippen molar-refractivity contribution in [2.45, 2.75) is 19.1 Å². The molecule has 0 spiro atoms. The Hall–Kier alpha value is -2.18. The molecular weight excluding hydrogens is 358 g/mol. The lowest BCUT2D eigenvalue weighted by atomic mass is 10.0. The second-order valence-electron chi connectivity index (χ2n) is 5.24. The Labute approximate surface area is 142 Å². The van der Waals surface area contributed by atoms with Gasteiger partial charge in [-0.05, 0) is 36.8 Å². The van der Waals surface area contributed by atoms with Crippen LogP contribution in [0.3, 0.4) is 0 Å². The molecule has 23 heavy (non-hydrogen) atoms. The number of amides is 1. The average Bonchev–Trinajstić information content (AvgIpc) is 2.93. The van der Waals surface area contributed by atoms with Crippen LogP contribution in [0.2, 0.25) is 0 Å². The molecule has 0 bridgehead atoms. The fourth-order valence-electron chi connectivity index (χ4n) is 2.49. The van der Waals surface area contributed by atoms with Gasteiger partial charge in [-0.25, -0.2) is 5.01 Å². The molecule has 6 heteroatoms. The number of allylic oxidation sites excluding steroid dienone is 1. The van der Waals surface area contributed by atoms with Crippen LogP contribution in [0, 0.1) is 0 Å². The maximum Gasteiger partial charge on any atom is 0.275 e. The summed E-state index contributed by atoms with van der Waals surface area (Å²) in [5.74, 6) is -0.322. The number of nitrogens with zero attached hydrogens (tertiary/aromatic N) is 2. The summed E-state index contributed by atoms with van der Waals surface area (Å²) in [6.07, 6.45) is 5.46. The highest BCUT2D eigenvalue weighted by Crippen LogP contribution is 2.34. The summed E-state index contributed by atoms with van der Waals surface area (Å²) >= 11 is 3.38. The number of hydrogen-bond acceptors (Lipinski definition) is 4. The lowest BCUT2D eigenvalue weighted by Crippen LogP contribution is -2.50. The van der Waals surface area contributed by atoms with Crippen molar-refractivity contribution in [3.63, 3.8) is 0 Å². The maximum atomic E-state index is 12.8. The van der Waals surface area contributed by atoms with E-state index in [2.05, 4.69) is 26.3 Å². The lowest BCUT2D eigenvalue weighted by molar-refractivity contribution is -0.0604. The van der Waals surface area contributed by atoms with E-state index in [1.165, 1.54) is 5.01 Å². The number of pyridine rings is 1. The maximum absolute atomic E-state index is 12.8. The van der Waals surface area contributed by atoms with Crippen LogP contribution >= 0.6 is 15.9 Å². The first-order chi connectivity index (χ1) is 11.0. The molecule has 1 aromatic carbocycles. The zero-order valence-electron chi connectivity index (χ0n) is 12.5.